The van der Waals surface area contributed by atoms with E-state index in [0.29, 0.717) is 25.0 Å². The fourth-order valence-corrected chi connectivity index (χ4v) is 6.69. The lowest BCUT2D eigenvalue weighted by molar-refractivity contribution is -0.438. The number of nitrogens with zero attached hydrogens (tertiary/aromatic N) is 2. The van der Waals surface area contributed by atoms with Crippen molar-refractivity contribution in [1.29, 1.82) is 0 Å². The standard InChI is InChI=1S/C25H34N2O7S2/c1-6-34-23(28)12-8-15-26(5)36(32,33)22-11-7-10-20-19(22)13-14-21-24(20)25(3,4)18(2)27(21)16-9-17-35(29,30)31/h7,10-11,13-14H,6,8-9,12,15-17H2,1-5H3/p+1. The highest BCUT2D eigenvalue weighted by Crippen LogP contribution is 2.45. The highest BCUT2D eigenvalue weighted by Gasteiger charge is 2.44. The van der Waals surface area contributed by atoms with Gasteiger partial charge in [-0.05, 0) is 44.7 Å². The largest absolute Gasteiger partial charge is 0.466 e. The minimum absolute atomic E-state index is 0.146. The molecule has 0 saturated heterocycles. The van der Waals surface area contributed by atoms with Crippen LogP contribution in [0.25, 0.3) is 10.8 Å². The molecular weight excluding hydrogens is 504 g/mol. The molecule has 11 heteroatoms. The lowest BCUT2D eigenvalue weighted by atomic mass is 9.80. The number of fused-ring (bicyclic) bond motifs is 3. The Kier molecular flexibility index (Phi) is 8.29. The summed E-state index contributed by atoms with van der Waals surface area (Å²) in [7, 11) is -6.37. The zero-order valence-electron chi connectivity index (χ0n) is 21.4. The van der Waals surface area contributed by atoms with Crippen LogP contribution in [0.3, 0.4) is 0 Å². The molecule has 36 heavy (non-hydrogen) atoms. The molecule has 0 fully saturated rings. The van der Waals surface area contributed by atoms with E-state index < -0.39 is 25.6 Å². The number of ether oxygens (including phenoxy) is 1. The van der Waals surface area contributed by atoms with Crippen LogP contribution in [0.2, 0.25) is 0 Å². The summed E-state index contributed by atoms with van der Waals surface area (Å²) in [5.74, 6) is -0.676. The molecule has 0 saturated carbocycles. The van der Waals surface area contributed by atoms with E-state index in [0.717, 1.165) is 22.3 Å². The zero-order chi connectivity index (χ0) is 26.9. The summed E-state index contributed by atoms with van der Waals surface area (Å²) in [6, 6.07) is 8.90. The minimum Gasteiger partial charge on any atom is -0.466 e. The number of esters is 1. The molecule has 0 radical (unpaired) electrons. The van der Waals surface area contributed by atoms with Gasteiger partial charge in [-0.15, -0.1) is 0 Å². The SMILES string of the molecule is CCOC(=O)CCCN(C)S(=O)(=O)c1cccc2c3c(ccc12)[N+](CCCS(=O)(=O)O)=C(C)C3(C)C. The molecule has 9 nitrogen and oxygen atoms in total. The van der Waals surface area contributed by atoms with Crippen LogP contribution in [0.1, 0.15) is 52.5 Å². The van der Waals surface area contributed by atoms with Crippen molar-refractivity contribution in [3.63, 3.8) is 0 Å². The summed E-state index contributed by atoms with van der Waals surface area (Å²) in [6.07, 6.45) is 0.761. The first-order chi connectivity index (χ1) is 16.7. The van der Waals surface area contributed by atoms with Crippen molar-refractivity contribution in [3.8, 4) is 0 Å². The fourth-order valence-electron chi connectivity index (χ4n) is 4.78. The quantitative estimate of drug-likeness (QED) is 0.264. The molecule has 0 spiro atoms. The van der Waals surface area contributed by atoms with Gasteiger partial charge in [-0.2, -0.15) is 13.0 Å². The van der Waals surface area contributed by atoms with Gasteiger partial charge in [0.2, 0.25) is 15.7 Å². The van der Waals surface area contributed by atoms with Crippen molar-refractivity contribution in [1.82, 2.24) is 4.31 Å². The van der Waals surface area contributed by atoms with Gasteiger partial charge in [-0.1, -0.05) is 12.1 Å². The van der Waals surface area contributed by atoms with E-state index in [1.165, 1.54) is 11.4 Å². The third-order valence-electron chi connectivity index (χ3n) is 6.86. The van der Waals surface area contributed by atoms with Gasteiger partial charge in [0.05, 0.1) is 22.7 Å². The van der Waals surface area contributed by atoms with E-state index in [-0.39, 0.29) is 36.0 Å². The summed E-state index contributed by atoms with van der Waals surface area (Å²) in [4.78, 5) is 11.8. The first kappa shape index (κ1) is 28.2. The van der Waals surface area contributed by atoms with Crippen LogP contribution in [-0.2, 0) is 35.1 Å². The molecule has 1 aliphatic rings. The summed E-state index contributed by atoms with van der Waals surface area (Å²) in [5, 5.41) is 1.42. The number of rotatable bonds is 11. The third-order valence-corrected chi connectivity index (χ3v) is 9.58. The van der Waals surface area contributed by atoms with Crippen LogP contribution in [0, 0.1) is 0 Å². The zero-order valence-corrected chi connectivity index (χ0v) is 23.1. The Morgan fingerprint density at radius 3 is 2.42 bits per heavy atom. The second kappa shape index (κ2) is 10.6. The second-order valence-corrected chi connectivity index (χ2v) is 13.1. The number of carbonyl (C=O) groups is 1. The molecule has 0 atom stereocenters. The van der Waals surface area contributed by atoms with Crippen LogP contribution >= 0.6 is 0 Å². The normalized spacial score (nSPS) is 15.5. The van der Waals surface area contributed by atoms with E-state index in [1.54, 1.807) is 25.1 Å². The molecule has 0 amide bonds. The van der Waals surface area contributed by atoms with Gasteiger partial charge < -0.3 is 4.74 Å². The molecule has 198 valence electrons. The van der Waals surface area contributed by atoms with Crippen LogP contribution in [0.5, 0.6) is 0 Å². The Hall–Kier alpha value is -2.34. The number of hydrogen-bond acceptors (Lipinski definition) is 6. The van der Waals surface area contributed by atoms with Gasteiger partial charge >= 0.3 is 5.97 Å². The first-order valence-electron chi connectivity index (χ1n) is 12.0. The summed E-state index contributed by atoms with van der Waals surface area (Å²) >= 11 is 0. The molecule has 0 bridgehead atoms. The predicted molar refractivity (Wildman–Crippen MR) is 139 cm³/mol. The van der Waals surface area contributed by atoms with Crippen molar-refractivity contribution in [2.45, 2.75) is 57.3 Å². The smallest absolute Gasteiger partial charge is 0.305 e. The van der Waals surface area contributed by atoms with E-state index >= 15 is 0 Å². The van der Waals surface area contributed by atoms with Crippen LogP contribution in [0.15, 0.2) is 35.2 Å². The molecule has 1 heterocycles. The molecular formula is C25H35N2O7S2+. The molecule has 3 rings (SSSR count). The average Bonchev–Trinajstić information content (AvgIpc) is 2.98. The van der Waals surface area contributed by atoms with E-state index in [1.807, 2.05) is 23.6 Å². The van der Waals surface area contributed by atoms with E-state index in [4.69, 9.17) is 9.29 Å². The highest BCUT2D eigenvalue weighted by atomic mass is 32.2. The van der Waals surface area contributed by atoms with Crippen LogP contribution in [0.4, 0.5) is 5.69 Å². The highest BCUT2D eigenvalue weighted by molar-refractivity contribution is 7.89. The molecule has 2 aromatic rings. The van der Waals surface area contributed by atoms with Crippen LogP contribution in [-0.4, -0.2) is 74.4 Å². The molecule has 2 aromatic carbocycles. The average molecular weight is 540 g/mol. The lowest BCUT2D eigenvalue weighted by Gasteiger charge is -2.21. The molecule has 0 aromatic heterocycles. The second-order valence-electron chi connectivity index (χ2n) is 9.55. The summed E-state index contributed by atoms with van der Waals surface area (Å²) in [6.45, 7) is 8.72. The van der Waals surface area contributed by atoms with Crippen molar-refractivity contribution < 1.29 is 35.5 Å². The Labute approximate surface area is 213 Å². The maximum atomic E-state index is 13.5. The van der Waals surface area contributed by atoms with E-state index in [2.05, 4.69) is 13.8 Å². The summed E-state index contributed by atoms with van der Waals surface area (Å²) < 4.78 is 66.7. The molecule has 0 aliphatic carbocycles. The lowest BCUT2D eigenvalue weighted by Crippen LogP contribution is -2.29. The number of sulfonamides is 1. The predicted octanol–water partition coefficient (Wildman–Crippen LogP) is 3.48. The number of carbonyl (C=O) groups excluding carboxylic acids is 1. The molecule has 1 aliphatic heterocycles. The maximum Gasteiger partial charge on any atom is 0.305 e. The number of hydrogen-bond donors (Lipinski definition) is 1. The monoisotopic (exact) mass is 539 g/mol. The fraction of sp³-hybridized carbons (Fsp3) is 0.520. The van der Waals surface area contributed by atoms with Gasteiger partial charge in [0.1, 0.15) is 6.54 Å². The van der Waals surface area contributed by atoms with Gasteiger partial charge in [-0.25, -0.2) is 12.7 Å². The minimum atomic E-state index is -4.05. The first-order valence-corrected chi connectivity index (χ1v) is 15.0. The van der Waals surface area contributed by atoms with Crippen molar-refractivity contribution in [3.05, 3.63) is 35.9 Å². The third kappa shape index (κ3) is 5.64. The van der Waals surface area contributed by atoms with Crippen LogP contribution < -0.4 is 0 Å². The Morgan fingerprint density at radius 1 is 1.08 bits per heavy atom. The molecule has 0 unspecified atom stereocenters. The van der Waals surface area contributed by atoms with Crippen molar-refractivity contribution >= 4 is 48.3 Å². The van der Waals surface area contributed by atoms with Crippen molar-refractivity contribution in [2.24, 2.45) is 0 Å². The maximum absolute atomic E-state index is 13.5. The summed E-state index contributed by atoms with van der Waals surface area (Å²) in [5.41, 5.74) is 2.48. The van der Waals surface area contributed by atoms with Gasteiger partial charge in [0, 0.05) is 50.4 Å². The Bertz CT molecular complexity index is 1410. The van der Waals surface area contributed by atoms with Gasteiger partial charge in [0.15, 0.2) is 5.71 Å². The van der Waals surface area contributed by atoms with Gasteiger partial charge in [-0.3, -0.25) is 9.35 Å². The molecule has 1 N–H and O–H groups in total. The topological polar surface area (TPSA) is 121 Å². The Morgan fingerprint density at radius 2 is 1.78 bits per heavy atom. The van der Waals surface area contributed by atoms with E-state index in [9.17, 15) is 21.6 Å². The van der Waals surface area contributed by atoms with Gasteiger partial charge in [0.25, 0.3) is 10.1 Å². The van der Waals surface area contributed by atoms with Crippen molar-refractivity contribution in [2.75, 3.05) is 32.5 Å². The Balaban J connectivity index is 1.97. The number of benzene rings is 2.